The average Bonchev–Trinajstić information content (AvgIpc) is 3.23. The second kappa shape index (κ2) is 7.14. The summed E-state index contributed by atoms with van der Waals surface area (Å²) in [6.07, 6.45) is 5.03. The van der Waals surface area contributed by atoms with Gasteiger partial charge < -0.3 is 15.2 Å². The first-order valence-corrected chi connectivity index (χ1v) is 12.6. The van der Waals surface area contributed by atoms with Gasteiger partial charge in [0.05, 0.1) is 11.3 Å². The molecule has 0 unspecified atom stereocenters. The molecular formula is C22H24N4O5S. The Morgan fingerprint density at radius 3 is 2.59 bits per heavy atom. The van der Waals surface area contributed by atoms with Gasteiger partial charge in [0.1, 0.15) is 5.76 Å². The van der Waals surface area contributed by atoms with Crippen LogP contribution < -0.4 is 10.6 Å². The van der Waals surface area contributed by atoms with Crippen molar-refractivity contribution in [3.8, 4) is 0 Å². The van der Waals surface area contributed by atoms with E-state index < -0.39 is 10.0 Å². The van der Waals surface area contributed by atoms with Gasteiger partial charge in [-0.3, -0.25) is 9.59 Å². The van der Waals surface area contributed by atoms with Gasteiger partial charge in [0.2, 0.25) is 15.9 Å². The molecule has 1 saturated carbocycles. The second-order valence-corrected chi connectivity index (χ2v) is 11.1. The molecule has 1 aliphatic carbocycles. The van der Waals surface area contributed by atoms with Crippen LogP contribution in [0.3, 0.4) is 0 Å². The Morgan fingerprint density at radius 1 is 1.12 bits per heavy atom. The van der Waals surface area contributed by atoms with Crippen LogP contribution >= 0.6 is 0 Å². The first kappa shape index (κ1) is 19.9. The minimum Gasteiger partial charge on any atom is -0.360 e. The molecule has 2 N–H and O–H groups in total. The summed E-state index contributed by atoms with van der Waals surface area (Å²) in [6.45, 7) is 0. The number of benzene rings is 1. The number of hydrogen-bond acceptors (Lipinski definition) is 6. The fourth-order valence-corrected chi connectivity index (χ4v) is 7.29. The van der Waals surface area contributed by atoms with Gasteiger partial charge in [0.15, 0.2) is 5.69 Å². The largest absolute Gasteiger partial charge is 0.360 e. The van der Waals surface area contributed by atoms with E-state index in [0.29, 0.717) is 30.0 Å². The maximum Gasteiger partial charge on any atom is 0.273 e. The maximum atomic E-state index is 13.5. The molecule has 2 amide bonds. The molecule has 3 aliphatic heterocycles. The number of nitrogens with one attached hydrogen (secondary N) is 2. The average molecular weight is 457 g/mol. The van der Waals surface area contributed by atoms with Crippen molar-refractivity contribution in [3.63, 3.8) is 0 Å². The Labute approximate surface area is 185 Å². The van der Waals surface area contributed by atoms with Gasteiger partial charge in [-0.2, -0.15) is 4.31 Å². The van der Waals surface area contributed by atoms with Gasteiger partial charge in [-0.25, -0.2) is 8.42 Å². The number of carbonyl (C=O) groups is 2. The Hall–Kier alpha value is -2.72. The molecule has 4 aliphatic rings. The third-order valence-corrected chi connectivity index (χ3v) is 9.02. The highest BCUT2D eigenvalue weighted by Gasteiger charge is 2.47. The van der Waals surface area contributed by atoms with E-state index in [1.807, 2.05) is 0 Å². The zero-order valence-corrected chi connectivity index (χ0v) is 18.2. The lowest BCUT2D eigenvalue weighted by Crippen LogP contribution is -2.52. The molecule has 1 aromatic heterocycles. The molecule has 0 spiro atoms. The summed E-state index contributed by atoms with van der Waals surface area (Å²) in [7, 11) is -3.69. The standard InChI is InChI=1S/C22H24N4O5S/c27-21-8-13-7-17(5-6-18(13)24-21)32(29,30)26-15-3-4-16(26)10-14(9-15)23-22(28)19-11-20(31-25-19)12-1-2-12/h5-7,11-12,14-16H,1-4,8-10H2,(H,23,28)(H,24,27)/t14-,15+,16-. The number of amides is 2. The van der Waals surface area contributed by atoms with Crippen molar-refractivity contribution in [2.45, 2.75) is 73.9 Å². The molecule has 0 radical (unpaired) electrons. The van der Waals surface area contributed by atoms with Crippen LogP contribution in [0.25, 0.3) is 0 Å². The number of rotatable bonds is 5. The smallest absolute Gasteiger partial charge is 0.273 e. The van der Waals surface area contributed by atoms with Gasteiger partial charge in [0, 0.05) is 35.8 Å². The Balaban J connectivity index is 1.17. The van der Waals surface area contributed by atoms with E-state index in [1.54, 1.807) is 28.6 Å². The lowest BCUT2D eigenvalue weighted by atomic mass is 9.99. The molecule has 1 aromatic carbocycles. The first-order valence-electron chi connectivity index (χ1n) is 11.1. The van der Waals surface area contributed by atoms with Gasteiger partial charge >= 0.3 is 0 Å². The lowest BCUT2D eigenvalue weighted by molar-refractivity contribution is -0.115. The molecule has 3 atom stereocenters. The Morgan fingerprint density at radius 2 is 1.88 bits per heavy atom. The summed E-state index contributed by atoms with van der Waals surface area (Å²) < 4.78 is 33.8. The van der Waals surface area contributed by atoms with Crippen molar-refractivity contribution < 1.29 is 22.5 Å². The molecule has 2 aromatic rings. The quantitative estimate of drug-likeness (QED) is 0.711. The normalized spacial score (nSPS) is 27.2. The number of nitrogens with zero attached hydrogens (tertiary/aromatic N) is 2. The molecule has 168 valence electrons. The minimum absolute atomic E-state index is 0.102. The van der Waals surface area contributed by atoms with Gasteiger partial charge in [-0.1, -0.05) is 5.16 Å². The highest BCUT2D eigenvalue weighted by molar-refractivity contribution is 7.89. The van der Waals surface area contributed by atoms with Crippen LogP contribution in [-0.2, 0) is 21.2 Å². The molecule has 2 saturated heterocycles. The van der Waals surface area contributed by atoms with Crippen molar-refractivity contribution in [3.05, 3.63) is 41.3 Å². The summed E-state index contributed by atoms with van der Waals surface area (Å²) in [6, 6.07) is 6.14. The highest BCUT2D eigenvalue weighted by Crippen LogP contribution is 2.41. The van der Waals surface area contributed by atoms with Crippen molar-refractivity contribution in [2.24, 2.45) is 0 Å². The number of anilines is 1. The topological polar surface area (TPSA) is 122 Å². The molecule has 6 rings (SSSR count). The molecule has 2 bridgehead atoms. The first-order chi connectivity index (χ1) is 15.4. The molecule has 4 heterocycles. The molecule has 3 fully saturated rings. The highest BCUT2D eigenvalue weighted by atomic mass is 32.2. The molecular weight excluding hydrogens is 432 g/mol. The van der Waals surface area contributed by atoms with Crippen LogP contribution in [0.15, 0.2) is 33.7 Å². The minimum atomic E-state index is -3.69. The number of hydrogen-bond donors (Lipinski definition) is 2. The zero-order valence-electron chi connectivity index (χ0n) is 17.4. The fraction of sp³-hybridized carbons (Fsp3) is 0.500. The Bertz CT molecular complexity index is 1200. The number of carbonyl (C=O) groups excluding carboxylic acids is 2. The molecule has 9 nitrogen and oxygen atoms in total. The van der Waals surface area contributed by atoms with E-state index in [-0.39, 0.29) is 47.0 Å². The third kappa shape index (κ3) is 3.32. The van der Waals surface area contributed by atoms with Gasteiger partial charge in [-0.15, -0.1) is 0 Å². The van der Waals surface area contributed by atoms with Crippen LogP contribution in [0, 0.1) is 0 Å². The van der Waals surface area contributed by atoms with Crippen LogP contribution in [0.1, 0.15) is 66.3 Å². The molecule has 32 heavy (non-hydrogen) atoms. The fourth-order valence-electron chi connectivity index (χ4n) is 5.35. The third-order valence-electron chi connectivity index (χ3n) is 7.02. The van der Waals surface area contributed by atoms with E-state index >= 15 is 0 Å². The summed E-state index contributed by atoms with van der Waals surface area (Å²) in [4.78, 5) is 24.5. The van der Waals surface area contributed by atoms with E-state index in [4.69, 9.17) is 4.52 Å². The van der Waals surface area contributed by atoms with E-state index in [0.717, 1.165) is 31.4 Å². The summed E-state index contributed by atoms with van der Waals surface area (Å²) in [5.41, 5.74) is 1.68. The SMILES string of the molecule is O=C1Cc2cc(S(=O)(=O)N3[C@@H]4CC[C@H]3C[C@@H](NC(=O)c3cc(C5CC5)on3)C4)ccc2N1. The van der Waals surface area contributed by atoms with Crippen LogP contribution in [-0.4, -0.2) is 47.8 Å². The lowest BCUT2D eigenvalue weighted by Gasteiger charge is -2.38. The number of fused-ring (bicyclic) bond motifs is 3. The molecule has 10 heteroatoms. The zero-order chi connectivity index (χ0) is 22.0. The van der Waals surface area contributed by atoms with Crippen LogP contribution in [0.5, 0.6) is 0 Å². The van der Waals surface area contributed by atoms with Crippen molar-refractivity contribution in [1.82, 2.24) is 14.8 Å². The van der Waals surface area contributed by atoms with E-state index in [9.17, 15) is 18.0 Å². The van der Waals surface area contributed by atoms with Crippen LogP contribution in [0.2, 0.25) is 0 Å². The van der Waals surface area contributed by atoms with Gasteiger partial charge in [-0.05, 0) is 62.3 Å². The monoisotopic (exact) mass is 456 g/mol. The van der Waals surface area contributed by atoms with Gasteiger partial charge in [0.25, 0.3) is 5.91 Å². The predicted octanol–water partition coefficient (Wildman–Crippen LogP) is 2.16. The Kier molecular flexibility index (Phi) is 4.45. The maximum absolute atomic E-state index is 13.5. The number of sulfonamides is 1. The van der Waals surface area contributed by atoms with Crippen molar-refractivity contribution in [2.75, 3.05) is 5.32 Å². The number of aromatic nitrogens is 1. The summed E-state index contributed by atoms with van der Waals surface area (Å²) in [5.74, 6) is 0.767. The predicted molar refractivity (Wildman–Crippen MR) is 114 cm³/mol. The summed E-state index contributed by atoms with van der Waals surface area (Å²) in [5, 5.41) is 9.67. The second-order valence-electron chi connectivity index (χ2n) is 9.29. The van der Waals surface area contributed by atoms with Crippen molar-refractivity contribution >= 4 is 27.5 Å². The van der Waals surface area contributed by atoms with E-state index in [1.165, 1.54) is 0 Å². The van der Waals surface area contributed by atoms with Crippen molar-refractivity contribution in [1.29, 1.82) is 0 Å². The van der Waals surface area contributed by atoms with Crippen LogP contribution in [0.4, 0.5) is 5.69 Å². The summed E-state index contributed by atoms with van der Waals surface area (Å²) >= 11 is 0. The van der Waals surface area contributed by atoms with E-state index in [2.05, 4.69) is 15.8 Å². The number of piperidine rings is 1.